The van der Waals surface area contributed by atoms with Crippen LogP contribution in [0.2, 0.25) is 0 Å². The molecule has 8 nitrogen and oxygen atoms in total. The fraction of sp³-hybridized carbons (Fsp3) is 0.712. The Morgan fingerprint density at radius 3 is 1.48 bits per heavy atom. The number of carbonyl (C=O) groups is 3. The van der Waals surface area contributed by atoms with E-state index in [9.17, 15) is 19.5 Å². The number of unbranched alkanes of at least 4 members (excludes halogenated alkanes) is 19. The zero-order valence-electron chi connectivity index (χ0n) is 39.1. The van der Waals surface area contributed by atoms with Gasteiger partial charge >= 0.3 is 11.9 Å². The molecule has 0 amide bonds. The maximum atomic E-state index is 12.8. The molecule has 0 aliphatic carbocycles. The molecule has 344 valence electrons. The molecule has 0 aromatic rings. The van der Waals surface area contributed by atoms with Crippen molar-refractivity contribution in [2.45, 2.75) is 199 Å². The average molecular weight is 840 g/mol. The average Bonchev–Trinajstić information content (AvgIpc) is 3.21. The van der Waals surface area contributed by atoms with E-state index >= 15 is 0 Å². The molecule has 2 atom stereocenters. The Morgan fingerprint density at radius 1 is 0.517 bits per heavy atom. The summed E-state index contributed by atoms with van der Waals surface area (Å²) >= 11 is 0. The van der Waals surface area contributed by atoms with E-state index in [-0.39, 0.29) is 42.7 Å². The van der Waals surface area contributed by atoms with E-state index in [1.165, 1.54) is 77.0 Å². The molecular weight excluding hydrogens is 751 g/mol. The van der Waals surface area contributed by atoms with Gasteiger partial charge < -0.3 is 28.6 Å². The molecule has 0 aliphatic heterocycles. The second-order valence-corrected chi connectivity index (χ2v) is 17.0. The lowest BCUT2D eigenvalue weighted by Crippen LogP contribution is -2.55. The van der Waals surface area contributed by atoms with E-state index in [2.05, 4.69) is 62.5 Å². The molecule has 0 radical (unpaired) electrons. The third-order valence-corrected chi connectivity index (χ3v) is 10.4. The summed E-state index contributed by atoms with van der Waals surface area (Å²) in [5.41, 5.74) is 0. The Hall–Kier alpha value is -3.23. The zero-order chi connectivity index (χ0) is 44.2. The first-order valence-corrected chi connectivity index (χ1v) is 24.0. The van der Waals surface area contributed by atoms with Gasteiger partial charge in [0.2, 0.25) is 0 Å². The Balaban J connectivity index is 4.28. The topological polar surface area (TPSA) is 102 Å². The molecule has 2 unspecified atom stereocenters. The van der Waals surface area contributed by atoms with Gasteiger partial charge in [-0.25, -0.2) is 0 Å². The quantitative estimate of drug-likeness (QED) is 0.0198. The number of hydrogen-bond acceptors (Lipinski definition) is 7. The third kappa shape index (κ3) is 40.2. The number of hydrogen-bond donors (Lipinski definition) is 0. The smallest absolute Gasteiger partial charge is 0.306 e. The van der Waals surface area contributed by atoms with Gasteiger partial charge in [0.15, 0.2) is 6.10 Å². The molecule has 0 heterocycles. The number of ether oxygens (including phenoxy) is 3. The van der Waals surface area contributed by atoms with Crippen molar-refractivity contribution in [2.24, 2.45) is 0 Å². The lowest BCUT2D eigenvalue weighted by atomic mass is 10.0. The highest BCUT2D eigenvalue weighted by atomic mass is 16.6. The van der Waals surface area contributed by atoms with Crippen LogP contribution in [0.1, 0.15) is 187 Å². The molecule has 0 rings (SSSR count). The first-order chi connectivity index (χ1) is 29.1. The van der Waals surface area contributed by atoms with E-state index in [0.29, 0.717) is 12.8 Å². The van der Waals surface area contributed by atoms with Crippen LogP contribution in [0.25, 0.3) is 0 Å². The number of rotatable bonds is 42. The summed E-state index contributed by atoms with van der Waals surface area (Å²) in [6.07, 6.45) is 53.6. The minimum absolute atomic E-state index is 0.0304. The molecular formula is C52H89NO7. The van der Waals surface area contributed by atoms with Gasteiger partial charge in [0.25, 0.3) is 0 Å². The summed E-state index contributed by atoms with van der Waals surface area (Å²) in [5.74, 6) is -1.77. The van der Waals surface area contributed by atoms with Crippen LogP contribution in [0.4, 0.5) is 0 Å². The van der Waals surface area contributed by atoms with Crippen LogP contribution in [0.15, 0.2) is 72.9 Å². The number of likely N-dealkylation sites (N-methyl/N-ethyl adjacent to an activating group) is 1. The van der Waals surface area contributed by atoms with Crippen LogP contribution >= 0.6 is 0 Å². The molecule has 0 spiro atoms. The molecule has 0 aromatic heterocycles. The minimum atomic E-state index is -1.13. The van der Waals surface area contributed by atoms with Crippen LogP contribution in [0.5, 0.6) is 0 Å². The summed E-state index contributed by atoms with van der Waals surface area (Å²) in [6, 6.07) is -0.732. The van der Waals surface area contributed by atoms with Gasteiger partial charge in [-0.05, 0) is 57.8 Å². The fourth-order valence-corrected chi connectivity index (χ4v) is 6.77. The summed E-state index contributed by atoms with van der Waals surface area (Å²) in [5, 5.41) is 11.6. The Bertz CT molecular complexity index is 1210. The molecule has 0 aliphatic rings. The van der Waals surface area contributed by atoms with E-state index in [1.807, 2.05) is 24.3 Å². The van der Waals surface area contributed by atoms with Gasteiger partial charge in [-0.2, -0.15) is 0 Å². The van der Waals surface area contributed by atoms with Crippen molar-refractivity contribution in [3.63, 3.8) is 0 Å². The highest BCUT2D eigenvalue weighted by molar-refractivity contribution is 5.70. The predicted molar refractivity (Wildman–Crippen MR) is 249 cm³/mol. The van der Waals surface area contributed by atoms with Crippen LogP contribution < -0.4 is 5.11 Å². The van der Waals surface area contributed by atoms with Crippen molar-refractivity contribution < 1.29 is 38.2 Å². The second kappa shape index (κ2) is 42.5. The van der Waals surface area contributed by atoms with Crippen molar-refractivity contribution >= 4 is 17.9 Å². The third-order valence-electron chi connectivity index (χ3n) is 10.4. The summed E-state index contributed by atoms with van der Waals surface area (Å²) in [6.45, 7) is 4.40. The van der Waals surface area contributed by atoms with Gasteiger partial charge in [0, 0.05) is 19.3 Å². The molecule has 0 bridgehead atoms. The van der Waals surface area contributed by atoms with Crippen LogP contribution in [-0.4, -0.2) is 75.5 Å². The molecule has 60 heavy (non-hydrogen) atoms. The Morgan fingerprint density at radius 2 is 0.967 bits per heavy atom. The molecule has 0 aromatic carbocycles. The first kappa shape index (κ1) is 56.8. The fourth-order valence-electron chi connectivity index (χ4n) is 6.77. The van der Waals surface area contributed by atoms with Crippen molar-refractivity contribution in [3.8, 4) is 0 Å². The molecule has 0 fully saturated rings. The maximum Gasteiger partial charge on any atom is 0.306 e. The lowest BCUT2D eigenvalue weighted by Gasteiger charge is -2.34. The number of carbonyl (C=O) groups excluding carboxylic acids is 3. The van der Waals surface area contributed by atoms with Gasteiger partial charge in [-0.1, -0.05) is 183 Å². The zero-order valence-corrected chi connectivity index (χ0v) is 39.1. The number of nitrogens with zero attached hydrogens (tertiary/aromatic N) is 1. The summed E-state index contributed by atoms with van der Waals surface area (Å²) < 4.78 is 17.2. The Labute approximate surface area is 368 Å². The second-order valence-electron chi connectivity index (χ2n) is 17.0. The van der Waals surface area contributed by atoms with E-state index < -0.39 is 18.1 Å². The number of aliphatic carboxylic acids is 1. The van der Waals surface area contributed by atoms with Crippen LogP contribution in [-0.2, 0) is 28.6 Å². The number of carboxylic acids is 1. The van der Waals surface area contributed by atoms with Crippen molar-refractivity contribution in [2.75, 3.05) is 41.0 Å². The van der Waals surface area contributed by atoms with Crippen molar-refractivity contribution in [1.29, 1.82) is 0 Å². The number of carboxylic acid groups (broad SMARTS) is 1. The number of quaternary nitrogens is 1. The van der Waals surface area contributed by atoms with Gasteiger partial charge in [-0.3, -0.25) is 9.59 Å². The maximum absolute atomic E-state index is 12.8. The highest BCUT2D eigenvalue weighted by Gasteiger charge is 2.25. The highest BCUT2D eigenvalue weighted by Crippen LogP contribution is 2.15. The monoisotopic (exact) mass is 840 g/mol. The number of allylic oxidation sites excluding steroid dienone is 12. The van der Waals surface area contributed by atoms with E-state index in [0.717, 1.165) is 77.0 Å². The summed E-state index contributed by atoms with van der Waals surface area (Å²) in [7, 11) is 5.40. The molecule has 0 saturated heterocycles. The van der Waals surface area contributed by atoms with Gasteiger partial charge in [0.1, 0.15) is 12.6 Å². The SMILES string of the molecule is CC/C=C/C=C/C=C/C=C/CCCCCCCC(=O)OCC(COCCC(C(=O)[O-])[N+](C)(C)C)OC(=O)CCCCCCCCCCCCCCCC/C=C/C/C=C/CC. The number of esters is 2. The normalized spacial score (nSPS) is 13.6. The minimum Gasteiger partial charge on any atom is -0.544 e. The van der Waals surface area contributed by atoms with E-state index in [4.69, 9.17) is 14.2 Å². The summed E-state index contributed by atoms with van der Waals surface area (Å²) in [4.78, 5) is 37.0. The van der Waals surface area contributed by atoms with Crippen molar-refractivity contribution in [3.05, 3.63) is 72.9 Å². The molecule has 0 N–H and O–H groups in total. The van der Waals surface area contributed by atoms with Crippen LogP contribution in [0, 0.1) is 0 Å². The largest absolute Gasteiger partial charge is 0.544 e. The Kier molecular flexibility index (Phi) is 40.2. The van der Waals surface area contributed by atoms with Crippen LogP contribution in [0.3, 0.4) is 0 Å². The lowest BCUT2D eigenvalue weighted by molar-refractivity contribution is -0.889. The van der Waals surface area contributed by atoms with Gasteiger partial charge in [0.05, 0.1) is 40.3 Å². The van der Waals surface area contributed by atoms with Crippen molar-refractivity contribution in [1.82, 2.24) is 0 Å². The van der Waals surface area contributed by atoms with Gasteiger partial charge in [-0.15, -0.1) is 0 Å². The molecule has 0 saturated carbocycles. The predicted octanol–water partition coefficient (Wildman–Crippen LogP) is 12.2. The standard InChI is InChI=1S/C52H89NO7/c1-6-8-10-12-14-16-18-20-22-23-24-25-26-27-29-31-33-35-37-39-41-43-51(55)60-48(46-58-45-44-49(52(56)57)53(3,4)5)47-59-50(54)42-40-38-36-34-32-30-28-21-19-17-15-13-11-9-7-2/h8-11,13-17,19,21,28,48-49H,6-7,12,18,20,22-27,29-47H2,1-5H3/b10-8+,11-9+,15-13+,16-14+,19-17+,28-21+. The van der Waals surface area contributed by atoms with E-state index in [1.54, 1.807) is 21.1 Å². The first-order valence-electron chi connectivity index (χ1n) is 24.0. The molecule has 8 heteroatoms.